The molecule has 0 fully saturated rings. The van der Waals surface area contributed by atoms with Crippen molar-refractivity contribution in [2.24, 2.45) is 5.41 Å². The summed E-state index contributed by atoms with van der Waals surface area (Å²) in [6.45, 7) is 7.49. The lowest BCUT2D eigenvalue weighted by Crippen LogP contribution is -2.35. The molecule has 19 heavy (non-hydrogen) atoms. The van der Waals surface area contributed by atoms with E-state index in [0.29, 0.717) is 0 Å². The molecule has 106 valence electrons. The van der Waals surface area contributed by atoms with Gasteiger partial charge in [-0.3, -0.25) is 4.79 Å². The van der Waals surface area contributed by atoms with Gasteiger partial charge in [-0.2, -0.15) is 0 Å². The molecule has 2 nitrogen and oxygen atoms in total. The molecule has 1 aromatic carbocycles. The molecule has 1 N–H and O–H groups in total. The smallest absolute Gasteiger partial charge is 0.251 e. The van der Waals surface area contributed by atoms with E-state index in [1.165, 1.54) is 32.1 Å². The summed E-state index contributed by atoms with van der Waals surface area (Å²) < 4.78 is 0. The van der Waals surface area contributed by atoms with Crippen LogP contribution >= 0.6 is 0 Å². The van der Waals surface area contributed by atoms with Gasteiger partial charge >= 0.3 is 0 Å². The molecule has 0 saturated heterocycles. The number of nitrogens with one attached hydrogen (secondary N) is 1. The van der Waals surface area contributed by atoms with Crippen molar-refractivity contribution in [3.8, 4) is 0 Å². The maximum atomic E-state index is 12.1. The fourth-order valence-electron chi connectivity index (χ4n) is 2.49. The van der Waals surface area contributed by atoms with Crippen LogP contribution in [0, 0.1) is 5.41 Å². The first kappa shape index (κ1) is 15.7. The Bertz CT molecular complexity index is 374. The highest BCUT2D eigenvalue weighted by Crippen LogP contribution is 2.29. The minimum Gasteiger partial charge on any atom is -0.351 e. The van der Waals surface area contributed by atoms with E-state index in [9.17, 15) is 4.79 Å². The first-order valence-corrected chi connectivity index (χ1v) is 7.44. The molecule has 0 spiro atoms. The fourth-order valence-corrected chi connectivity index (χ4v) is 2.49. The molecular weight excluding hydrogens is 234 g/mol. The number of amides is 1. The van der Waals surface area contributed by atoms with Crippen LogP contribution in [0.15, 0.2) is 30.3 Å². The molecule has 0 saturated carbocycles. The van der Waals surface area contributed by atoms with Crippen LogP contribution in [0.2, 0.25) is 0 Å². The molecule has 0 aromatic heterocycles. The third-order valence-corrected chi connectivity index (χ3v) is 3.70. The van der Waals surface area contributed by atoms with Crippen molar-refractivity contribution in [3.05, 3.63) is 35.9 Å². The zero-order valence-corrected chi connectivity index (χ0v) is 12.5. The Balaban J connectivity index is 2.54. The summed E-state index contributed by atoms with van der Waals surface area (Å²) >= 11 is 0. The predicted molar refractivity (Wildman–Crippen MR) is 81.3 cm³/mol. The van der Waals surface area contributed by atoms with Gasteiger partial charge in [-0.25, -0.2) is 0 Å². The van der Waals surface area contributed by atoms with Crippen LogP contribution in [-0.4, -0.2) is 12.5 Å². The van der Waals surface area contributed by atoms with E-state index >= 15 is 0 Å². The number of benzene rings is 1. The molecule has 1 aromatic rings. The monoisotopic (exact) mass is 261 g/mol. The second kappa shape index (κ2) is 7.98. The Morgan fingerprint density at radius 2 is 1.79 bits per heavy atom. The average Bonchev–Trinajstić information content (AvgIpc) is 2.44. The summed E-state index contributed by atoms with van der Waals surface area (Å²) in [6, 6.07) is 9.45. The maximum absolute atomic E-state index is 12.1. The Morgan fingerprint density at radius 1 is 1.11 bits per heavy atom. The Labute approximate surface area is 117 Å². The number of rotatable bonds is 8. The van der Waals surface area contributed by atoms with Gasteiger partial charge in [0.1, 0.15) is 0 Å². The van der Waals surface area contributed by atoms with Crippen LogP contribution < -0.4 is 5.32 Å². The molecule has 1 rings (SSSR count). The van der Waals surface area contributed by atoms with E-state index in [-0.39, 0.29) is 11.3 Å². The van der Waals surface area contributed by atoms with E-state index in [4.69, 9.17) is 0 Å². The fraction of sp³-hybridized carbons (Fsp3) is 0.588. The highest BCUT2D eigenvalue weighted by molar-refractivity contribution is 5.94. The summed E-state index contributed by atoms with van der Waals surface area (Å²) in [6.07, 6.45) is 5.97. The van der Waals surface area contributed by atoms with Crippen molar-refractivity contribution in [3.63, 3.8) is 0 Å². The first-order chi connectivity index (χ1) is 9.11. The second-order valence-corrected chi connectivity index (χ2v) is 5.71. The molecule has 1 amide bonds. The van der Waals surface area contributed by atoms with Crippen molar-refractivity contribution in [2.75, 3.05) is 6.54 Å². The van der Waals surface area contributed by atoms with E-state index in [2.05, 4.69) is 26.1 Å². The molecule has 0 bridgehead atoms. The van der Waals surface area contributed by atoms with E-state index in [1.54, 1.807) is 0 Å². The summed E-state index contributed by atoms with van der Waals surface area (Å²) in [5.74, 6) is 0.0411. The van der Waals surface area contributed by atoms with Gasteiger partial charge in [0.2, 0.25) is 0 Å². The summed E-state index contributed by atoms with van der Waals surface area (Å²) in [5.41, 5.74) is 0.978. The summed E-state index contributed by atoms with van der Waals surface area (Å²) in [5, 5.41) is 3.09. The topological polar surface area (TPSA) is 29.1 Å². The van der Waals surface area contributed by atoms with Crippen LogP contribution in [0.25, 0.3) is 0 Å². The van der Waals surface area contributed by atoms with Gasteiger partial charge in [0.15, 0.2) is 0 Å². The lowest BCUT2D eigenvalue weighted by Gasteiger charge is -2.29. The van der Waals surface area contributed by atoms with Crippen molar-refractivity contribution in [1.82, 2.24) is 5.32 Å². The highest BCUT2D eigenvalue weighted by Gasteiger charge is 2.23. The average molecular weight is 261 g/mol. The molecule has 0 radical (unpaired) electrons. The number of unbranched alkanes of at least 4 members (excludes halogenated alkanes) is 1. The number of carbonyl (C=O) groups excluding carboxylic acids is 1. The summed E-state index contributed by atoms with van der Waals surface area (Å²) in [7, 11) is 0. The first-order valence-electron chi connectivity index (χ1n) is 7.44. The van der Waals surface area contributed by atoms with Gasteiger partial charge in [0, 0.05) is 12.1 Å². The van der Waals surface area contributed by atoms with E-state index < -0.39 is 0 Å². The minimum atomic E-state index is 0.0411. The molecule has 2 heteroatoms. The largest absolute Gasteiger partial charge is 0.351 e. The van der Waals surface area contributed by atoms with Gasteiger partial charge in [0.05, 0.1) is 0 Å². The van der Waals surface area contributed by atoms with Crippen LogP contribution in [0.4, 0.5) is 0 Å². The Morgan fingerprint density at radius 3 is 2.37 bits per heavy atom. The third kappa shape index (κ3) is 5.46. The Hall–Kier alpha value is -1.31. The normalized spacial score (nSPS) is 13.8. The zero-order valence-electron chi connectivity index (χ0n) is 12.5. The minimum absolute atomic E-state index is 0.0411. The van der Waals surface area contributed by atoms with Gasteiger partial charge in [-0.1, -0.05) is 58.2 Å². The quantitative estimate of drug-likeness (QED) is 0.737. The zero-order chi connectivity index (χ0) is 14.1. The standard InChI is InChI=1S/C17H27NO/c1-4-6-13-17(3,12-5-2)14-18-16(19)15-10-8-7-9-11-15/h7-11H,4-6,12-14H2,1-3H3,(H,18,19). The van der Waals surface area contributed by atoms with Crippen LogP contribution in [-0.2, 0) is 0 Å². The lowest BCUT2D eigenvalue weighted by molar-refractivity contribution is 0.0926. The van der Waals surface area contributed by atoms with Crippen molar-refractivity contribution in [1.29, 1.82) is 0 Å². The van der Waals surface area contributed by atoms with Gasteiger partial charge < -0.3 is 5.32 Å². The van der Waals surface area contributed by atoms with E-state index in [0.717, 1.165) is 12.1 Å². The highest BCUT2D eigenvalue weighted by atomic mass is 16.1. The van der Waals surface area contributed by atoms with Gasteiger partial charge in [-0.05, 0) is 30.4 Å². The van der Waals surface area contributed by atoms with Gasteiger partial charge in [0.25, 0.3) is 5.91 Å². The molecule has 0 aliphatic carbocycles. The van der Waals surface area contributed by atoms with E-state index in [1.807, 2.05) is 30.3 Å². The molecule has 1 unspecified atom stereocenters. The number of hydrogen-bond donors (Lipinski definition) is 1. The second-order valence-electron chi connectivity index (χ2n) is 5.71. The van der Waals surface area contributed by atoms with Crippen LogP contribution in [0.5, 0.6) is 0 Å². The molecule has 0 aliphatic rings. The van der Waals surface area contributed by atoms with Gasteiger partial charge in [-0.15, -0.1) is 0 Å². The maximum Gasteiger partial charge on any atom is 0.251 e. The van der Waals surface area contributed by atoms with Crippen molar-refractivity contribution < 1.29 is 4.79 Å². The molecule has 1 atom stereocenters. The van der Waals surface area contributed by atoms with Crippen LogP contribution in [0.1, 0.15) is 63.2 Å². The van der Waals surface area contributed by atoms with Crippen LogP contribution in [0.3, 0.4) is 0 Å². The molecule has 0 aliphatic heterocycles. The predicted octanol–water partition coefficient (Wildman–Crippen LogP) is 4.41. The third-order valence-electron chi connectivity index (χ3n) is 3.70. The summed E-state index contributed by atoms with van der Waals surface area (Å²) in [4.78, 5) is 12.1. The van der Waals surface area contributed by atoms with Crippen molar-refractivity contribution in [2.45, 2.75) is 52.9 Å². The van der Waals surface area contributed by atoms with Crippen molar-refractivity contribution >= 4 is 5.91 Å². The molecule has 0 heterocycles. The SMILES string of the molecule is CCCCC(C)(CCC)CNC(=O)c1ccccc1. The Kier molecular flexibility index (Phi) is 6.61. The lowest BCUT2D eigenvalue weighted by atomic mass is 9.80. The number of hydrogen-bond acceptors (Lipinski definition) is 1. The number of carbonyl (C=O) groups is 1. The molecular formula is C17H27NO.